The van der Waals surface area contributed by atoms with Crippen molar-refractivity contribution in [3.8, 4) is 0 Å². The maximum absolute atomic E-state index is 14.3. The van der Waals surface area contributed by atoms with Gasteiger partial charge in [-0.3, -0.25) is 0 Å². The molecule has 1 aliphatic rings. The first-order valence-electron chi connectivity index (χ1n) is 6.95. The van der Waals surface area contributed by atoms with Crippen molar-refractivity contribution in [1.29, 1.82) is 0 Å². The fourth-order valence-electron chi connectivity index (χ4n) is 2.89. The molecule has 21 heavy (non-hydrogen) atoms. The minimum Gasteiger partial charge on any atom is -0.397 e. The van der Waals surface area contributed by atoms with Crippen molar-refractivity contribution in [1.82, 2.24) is 0 Å². The summed E-state index contributed by atoms with van der Waals surface area (Å²) in [6.45, 7) is 0. The van der Waals surface area contributed by atoms with Crippen molar-refractivity contribution in [3.05, 3.63) is 52.3 Å². The van der Waals surface area contributed by atoms with Crippen LogP contribution in [0.15, 0.2) is 30.3 Å². The molecule has 0 amide bonds. The summed E-state index contributed by atoms with van der Waals surface area (Å²) in [6.07, 6.45) is 3.03. The zero-order chi connectivity index (χ0) is 15.0. The molecular weight excluding hydrogens is 289 g/mol. The Kier molecular flexibility index (Phi) is 3.64. The molecule has 0 fully saturated rings. The van der Waals surface area contributed by atoms with Crippen LogP contribution in [0.4, 0.5) is 21.5 Å². The quantitative estimate of drug-likeness (QED) is 0.731. The fraction of sp³-hybridized carbons (Fsp3) is 0.250. The number of rotatable bonds is 2. The van der Waals surface area contributed by atoms with Crippen molar-refractivity contribution in [2.75, 3.05) is 16.8 Å². The van der Waals surface area contributed by atoms with Gasteiger partial charge in [-0.15, -0.1) is 0 Å². The number of benzene rings is 2. The van der Waals surface area contributed by atoms with Gasteiger partial charge >= 0.3 is 0 Å². The van der Waals surface area contributed by atoms with E-state index in [0.717, 1.165) is 19.3 Å². The number of hydrogen-bond acceptors (Lipinski definition) is 3. The zero-order valence-electron chi connectivity index (χ0n) is 11.5. The Balaban J connectivity index is 1.97. The van der Waals surface area contributed by atoms with Gasteiger partial charge in [0.1, 0.15) is 5.02 Å². The topological polar surface area (TPSA) is 64.1 Å². The number of aryl methyl sites for hydroxylation is 1. The number of nitrogen functional groups attached to an aromatic ring is 2. The first-order chi connectivity index (χ1) is 10.1. The van der Waals surface area contributed by atoms with Crippen LogP contribution >= 0.6 is 11.6 Å². The average Bonchev–Trinajstić information content (AvgIpc) is 2.49. The smallest absolute Gasteiger partial charge is 0.169 e. The molecule has 2 aromatic rings. The normalized spacial score (nSPS) is 17.3. The fourth-order valence-corrected chi connectivity index (χ4v) is 3.04. The van der Waals surface area contributed by atoms with Crippen molar-refractivity contribution in [2.45, 2.75) is 25.3 Å². The number of halogens is 2. The highest BCUT2D eigenvalue weighted by atomic mass is 35.5. The lowest BCUT2D eigenvalue weighted by Gasteiger charge is -2.28. The Morgan fingerprint density at radius 3 is 2.76 bits per heavy atom. The molecule has 1 unspecified atom stereocenters. The first-order valence-corrected chi connectivity index (χ1v) is 7.33. The molecule has 0 saturated heterocycles. The second-order valence-corrected chi connectivity index (χ2v) is 5.72. The van der Waals surface area contributed by atoms with Crippen molar-refractivity contribution in [3.63, 3.8) is 0 Å². The summed E-state index contributed by atoms with van der Waals surface area (Å²) in [7, 11) is 0. The summed E-state index contributed by atoms with van der Waals surface area (Å²) in [6, 6.07) is 9.72. The van der Waals surface area contributed by atoms with Gasteiger partial charge in [-0.25, -0.2) is 4.39 Å². The molecule has 110 valence electrons. The van der Waals surface area contributed by atoms with Gasteiger partial charge in [0.25, 0.3) is 0 Å². The van der Waals surface area contributed by atoms with Crippen LogP contribution in [-0.4, -0.2) is 0 Å². The summed E-state index contributed by atoms with van der Waals surface area (Å²) in [4.78, 5) is 0. The van der Waals surface area contributed by atoms with Crippen molar-refractivity contribution < 1.29 is 4.39 Å². The van der Waals surface area contributed by atoms with E-state index in [1.54, 1.807) is 0 Å². The van der Waals surface area contributed by atoms with Gasteiger partial charge < -0.3 is 16.8 Å². The third kappa shape index (κ3) is 2.51. The molecule has 2 aromatic carbocycles. The highest BCUT2D eigenvalue weighted by molar-refractivity contribution is 6.33. The number of nitrogens with one attached hydrogen (secondary N) is 1. The number of nitrogens with two attached hydrogens (primary N) is 2. The van der Waals surface area contributed by atoms with Crippen LogP contribution in [0.25, 0.3) is 0 Å². The number of fused-ring (bicyclic) bond motifs is 1. The molecular formula is C16H17ClFN3. The monoisotopic (exact) mass is 305 g/mol. The van der Waals surface area contributed by atoms with E-state index >= 15 is 0 Å². The maximum atomic E-state index is 14.3. The number of hydrogen-bond donors (Lipinski definition) is 3. The zero-order valence-corrected chi connectivity index (χ0v) is 12.3. The van der Waals surface area contributed by atoms with Gasteiger partial charge in [0.2, 0.25) is 0 Å². The van der Waals surface area contributed by atoms with Crippen molar-refractivity contribution in [2.24, 2.45) is 0 Å². The second kappa shape index (κ2) is 5.45. The molecule has 0 saturated carbocycles. The Morgan fingerprint density at radius 2 is 1.95 bits per heavy atom. The molecule has 0 spiro atoms. The Hall–Kier alpha value is -1.94. The molecule has 1 aliphatic carbocycles. The molecule has 0 aromatic heterocycles. The molecule has 3 rings (SSSR count). The van der Waals surface area contributed by atoms with Crippen LogP contribution in [0.5, 0.6) is 0 Å². The minimum absolute atomic E-state index is 0.0337. The lowest BCUT2D eigenvalue weighted by Crippen LogP contribution is -2.19. The van der Waals surface area contributed by atoms with Gasteiger partial charge in [-0.1, -0.05) is 35.9 Å². The second-order valence-electron chi connectivity index (χ2n) is 5.35. The minimum atomic E-state index is -0.586. The van der Waals surface area contributed by atoms with E-state index in [1.165, 1.54) is 17.2 Å². The summed E-state index contributed by atoms with van der Waals surface area (Å²) >= 11 is 5.88. The van der Waals surface area contributed by atoms with Crippen LogP contribution in [0, 0.1) is 5.82 Å². The standard InChI is InChI=1S/C16H17ClFN3/c17-14-11(19)8-12(20)16(15(14)18)21-13-7-3-5-9-4-1-2-6-10(9)13/h1-2,4,6,8,13,21H,3,5,7,19-20H2. The summed E-state index contributed by atoms with van der Waals surface area (Å²) < 4.78 is 14.3. The highest BCUT2D eigenvalue weighted by Gasteiger charge is 2.23. The molecule has 5 heteroatoms. The SMILES string of the molecule is Nc1cc(N)c(NC2CCCc3ccccc32)c(F)c1Cl. The Bertz CT molecular complexity index is 687. The van der Waals surface area contributed by atoms with Crippen LogP contribution < -0.4 is 16.8 Å². The Labute approximate surface area is 128 Å². The van der Waals surface area contributed by atoms with Gasteiger partial charge in [-0.05, 0) is 36.5 Å². The summed E-state index contributed by atoms with van der Waals surface area (Å²) in [5, 5.41) is 3.11. The third-order valence-corrected chi connectivity index (χ3v) is 4.34. The Morgan fingerprint density at radius 1 is 1.19 bits per heavy atom. The molecule has 3 nitrogen and oxygen atoms in total. The number of anilines is 3. The largest absolute Gasteiger partial charge is 0.397 e. The van der Waals surface area contributed by atoms with E-state index in [-0.39, 0.29) is 28.1 Å². The lowest BCUT2D eigenvalue weighted by molar-refractivity contribution is 0.587. The molecule has 0 bridgehead atoms. The summed E-state index contributed by atoms with van der Waals surface area (Å²) in [5.41, 5.74) is 14.7. The lowest BCUT2D eigenvalue weighted by atomic mass is 9.87. The molecule has 0 heterocycles. The van der Waals surface area contributed by atoms with Crippen LogP contribution in [0.2, 0.25) is 5.02 Å². The van der Waals surface area contributed by atoms with Gasteiger partial charge in [0.15, 0.2) is 5.82 Å². The highest BCUT2D eigenvalue weighted by Crippen LogP contribution is 2.38. The van der Waals surface area contributed by atoms with E-state index in [2.05, 4.69) is 17.4 Å². The van der Waals surface area contributed by atoms with Gasteiger partial charge in [-0.2, -0.15) is 0 Å². The van der Waals surface area contributed by atoms with E-state index in [4.69, 9.17) is 23.1 Å². The third-order valence-electron chi connectivity index (χ3n) is 3.95. The van der Waals surface area contributed by atoms with Crippen LogP contribution in [-0.2, 0) is 6.42 Å². The summed E-state index contributed by atoms with van der Waals surface area (Å²) in [5.74, 6) is -0.586. The van der Waals surface area contributed by atoms with Gasteiger partial charge in [0, 0.05) is 0 Å². The van der Waals surface area contributed by atoms with E-state index in [9.17, 15) is 4.39 Å². The first kappa shape index (κ1) is 14.0. The maximum Gasteiger partial charge on any atom is 0.169 e. The van der Waals surface area contributed by atoms with Crippen molar-refractivity contribution >= 4 is 28.7 Å². The predicted molar refractivity (Wildman–Crippen MR) is 86.0 cm³/mol. The molecule has 5 N–H and O–H groups in total. The van der Waals surface area contributed by atoms with Crippen LogP contribution in [0.1, 0.15) is 30.0 Å². The van der Waals surface area contributed by atoms with Gasteiger partial charge in [0.05, 0.1) is 23.1 Å². The molecule has 0 radical (unpaired) electrons. The van der Waals surface area contributed by atoms with E-state index in [1.807, 2.05) is 12.1 Å². The molecule has 1 atom stereocenters. The predicted octanol–water partition coefficient (Wildman–Crippen LogP) is 4.13. The molecule has 0 aliphatic heterocycles. The van der Waals surface area contributed by atoms with E-state index in [0.29, 0.717) is 0 Å². The van der Waals surface area contributed by atoms with E-state index < -0.39 is 5.82 Å². The van der Waals surface area contributed by atoms with Crippen LogP contribution in [0.3, 0.4) is 0 Å². The average molecular weight is 306 g/mol.